The van der Waals surface area contributed by atoms with E-state index in [0.717, 1.165) is 6.54 Å². The van der Waals surface area contributed by atoms with Crippen LogP contribution >= 0.6 is 0 Å². The maximum atomic E-state index is 10.7. The zero-order valence-corrected chi connectivity index (χ0v) is 11.8. The molecule has 0 unspecified atom stereocenters. The average molecular weight is 276 g/mol. The van der Waals surface area contributed by atoms with Crippen molar-refractivity contribution in [3.05, 3.63) is 48.5 Å². The Hall–Kier alpha value is -2.30. The standard InChI is InChI=1S/C8H15N2.C7H6O3/c1-3-4-5-10-7-6-9(2)8-10;8-6-4-2-1-3-5(6)7(9)10/h6-8H,3-5H2,1-2H3;1-4,8H,(H,9,10)/q+1;/p-1. The Morgan fingerprint density at radius 1 is 1.40 bits per heavy atom. The first kappa shape index (κ1) is 15.8. The van der Waals surface area contributed by atoms with Crippen molar-refractivity contribution in [3.8, 4) is 5.75 Å². The second kappa shape index (κ2) is 7.99. The highest BCUT2D eigenvalue weighted by Crippen LogP contribution is 2.10. The maximum absolute atomic E-state index is 10.7. The van der Waals surface area contributed by atoms with Gasteiger partial charge in [-0.15, -0.1) is 0 Å². The van der Waals surface area contributed by atoms with Gasteiger partial charge in [-0.3, -0.25) is 0 Å². The van der Waals surface area contributed by atoms with Gasteiger partial charge >= 0.3 is 5.97 Å². The van der Waals surface area contributed by atoms with Crippen LogP contribution in [0.4, 0.5) is 0 Å². The number of carboxylic acid groups (broad SMARTS) is 1. The largest absolute Gasteiger partial charge is 0.872 e. The molecule has 0 fully saturated rings. The van der Waals surface area contributed by atoms with E-state index in [1.807, 2.05) is 7.05 Å². The van der Waals surface area contributed by atoms with Crippen LogP contribution in [0, 0.1) is 0 Å². The molecule has 0 amide bonds. The lowest BCUT2D eigenvalue weighted by molar-refractivity contribution is -0.671. The smallest absolute Gasteiger partial charge is 0.335 e. The zero-order chi connectivity index (χ0) is 15.0. The van der Waals surface area contributed by atoms with Crippen molar-refractivity contribution < 1.29 is 19.6 Å². The number of imidazole rings is 1. The van der Waals surface area contributed by atoms with Crippen molar-refractivity contribution in [1.82, 2.24) is 4.57 Å². The number of aromatic carboxylic acids is 1. The maximum Gasteiger partial charge on any atom is 0.335 e. The molecule has 0 aliphatic heterocycles. The van der Waals surface area contributed by atoms with Gasteiger partial charge in [-0.1, -0.05) is 37.3 Å². The third-order valence-corrected chi connectivity index (χ3v) is 2.71. The molecule has 0 saturated heterocycles. The lowest BCUT2D eigenvalue weighted by atomic mass is 10.2. The minimum Gasteiger partial charge on any atom is -0.872 e. The van der Waals surface area contributed by atoms with Crippen LogP contribution in [-0.2, 0) is 13.6 Å². The van der Waals surface area contributed by atoms with Crippen LogP contribution in [0.3, 0.4) is 0 Å². The van der Waals surface area contributed by atoms with Gasteiger partial charge in [-0.2, -0.15) is 0 Å². The summed E-state index contributed by atoms with van der Waals surface area (Å²) in [6.45, 7) is 3.36. The summed E-state index contributed by atoms with van der Waals surface area (Å²) in [6.07, 6.45) is 8.82. The third-order valence-electron chi connectivity index (χ3n) is 2.71. The van der Waals surface area contributed by atoms with Gasteiger partial charge in [0.05, 0.1) is 19.2 Å². The average Bonchev–Trinajstić information content (AvgIpc) is 2.83. The first-order valence-electron chi connectivity index (χ1n) is 6.55. The molecule has 2 rings (SSSR count). The number of unbranched alkanes of at least 4 members (excludes halogenated alkanes) is 1. The number of carboxylic acids is 1. The van der Waals surface area contributed by atoms with E-state index in [2.05, 4.69) is 34.8 Å². The predicted molar refractivity (Wildman–Crippen MR) is 73.4 cm³/mol. The molecule has 1 N–H and O–H groups in total. The van der Waals surface area contributed by atoms with Crippen LogP contribution in [0.15, 0.2) is 43.0 Å². The van der Waals surface area contributed by atoms with Crippen molar-refractivity contribution in [2.24, 2.45) is 7.05 Å². The number of hydrogen-bond donors (Lipinski definition) is 1. The van der Waals surface area contributed by atoms with E-state index in [-0.39, 0.29) is 5.56 Å². The summed E-state index contributed by atoms with van der Waals surface area (Å²) in [7, 11) is 2.04. The highest BCUT2D eigenvalue weighted by atomic mass is 16.4. The van der Waals surface area contributed by atoms with Crippen molar-refractivity contribution >= 4 is 5.97 Å². The molecular formula is C15H20N2O3. The Bertz CT molecular complexity index is 550. The molecular weight excluding hydrogens is 256 g/mol. The van der Waals surface area contributed by atoms with Gasteiger partial charge in [0.2, 0.25) is 6.33 Å². The summed E-state index contributed by atoms with van der Waals surface area (Å²) < 4.78 is 4.28. The predicted octanol–water partition coefficient (Wildman–Crippen LogP) is 1.57. The molecule has 108 valence electrons. The number of rotatable bonds is 4. The Morgan fingerprint density at radius 2 is 2.10 bits per heavy atom. The van der Waals surface area contributed by atoms with E-state index in [0.29, 0.717) is 0 Å². The molecule has 0 aliphatic carbocycles. The Balaban J connectivity index is 0.000000200. The lowest BCUT2D eigenvalue weighted by Gasteiger charge is -2.07. The summed E-state index contributed by atoms with van der Waals surface area (Å²) in [4.78, 5) is 10.2. The van der Waals surface area contributed by atoms with E-state index < -0.39 is 11.7 Å². The molecule has 0 radical (unpaired) electrons. The number of aryl methyl sites for hydroxylation is 2. The number of nitrogens with zero attached hydrogens (tertiary/aromatic N) is 2. The van der Waals surface area contributed by atoms with Crippen LogP contribution in [0.25, 0.3) is 0 Å². The second-order valence-electron chi connectivity index (χ2n) is 4.47. The van der Waals surface area contributed by atoms with Gasteiger partial charge in [-0.05, 0) is 12.5 Å². The van der Waals surface area contributed by atoms with Crippen LogP contribution in [0.1, 0.15) is 30.1 Å². The molecule has 2 aromatic rings. The quantitative estimate of drug-likeness (QED) is 0.862. The number of hydrogen-bond acceptors (Lipinski definition) is 2. The first-order valence-corrected chi connectivity index (χ1v) is 6.55. The molecule has 0 atom stereocenters. The molecule has 5 heteroatoms. The first-order chi connectivity index (χ1) is 9.54. The number of benzene rings is 1. The van der Waals surface area contributed by atoms with Gasteiger partial charge in [0, 0.05) is 0 Å². The van der Waals surface area contributed by atoms with E-state index in [9.17, 15) is 9.90 Å². The van der Waals surface area contributed by atoms with Crippen LogP contribution < -0.4 is 9.67 Å². The van der Waals surface area contributed by atoms with Crippen molar-refractivity contribution in [3.63, 3.8) is 0 Å². The Labute approximate surface area is 118 Å². The Kier molecular flexibility index (Phi) is 6.29. The second-order valence-corrected chi connectivity index (χ2v) is 4.47. The fourth-order valence-electron chi connectivity index (χ4n) is 1.62. The van der Waals surface area contributed by atoms with Gasteiger partial charge < -0.3 is 10.2 Å². The molecule has 0 aliphatic rings. The van der Waals surface area contributed by atoms with Crippen molar-refractivity contribution in [1.29, 1.82) is 0 Å². The topological polar surface area (TPSA) is 69.2 Å². The van der Waals surface area contributed by atoms with Gasteiger partial charge in [0.25, 0.3) is 0 Å². The number of aromatic nitrogens is 2. The molecule has 0 bridgehead atoms. The fraction of sp³-hybridized carbons (Fsp3) is 0.333. The normalized spacial score (nSPS) is 9.70. The summed E-state index contributed by atoms with van der Waals surface area (Å²) in [6, 6.07) is 5.54. The van der Waals surface area contributed by atoms with Gasteiger partial charge in [0.1, 0.15) is 12.4 Å². The summed E-state index contributed by atoms with van der Waals surface area (Å²) >= 11 is 0. The van der Waals surface area contributed by atoms with Crippen LogP contribution in [0.2, 0.25) is 0 Å². The van der Waals surface area contributed by atoms with E-state index >= 15 is 0 Å². The lowest BCUT2D eigenvalue weighted by Crippen LogP contribution is -2.23. The molecule has 20 heavy (non-hydrogen) atoms. The molecule has 1 aromatic heterocycles. The molecule has 1 aromatic carbocycles. The highest BCUT2D eigenvalue weighted by molar-refractivity contribution is 5.90. The van der Waals surface area contributed by atoms with Crippen LogP contribution in [0.5, 0.6) is 5.75 Å². The summed E-state index contributed by atoms with van der Waals surface area (Å²) in [5, 5.41) is 19.0. The minimum absolute atomic E-state index is 0.178. The molecule has 0 spiro atoms. The van der Waals surface area contributed by atoms with Crippen molar-refractivity contribution in [2.45, 2.75) is 26.3 Å². The molecule has 1 heterocycles. The van der Waals surface area contributed by atoms with E-state index in [1.54, 1.807) is 0 Å². The van der Waals surface area contributed by atoms with Crippen LogP contribution in [-0.4, -0.2) is 15.6 Å². The van der Waals surface area contributed by atoms with E-state index in [1.165, 1.54) is 37.1 Å². The monoisotopic (exact) mass is 276 g/mol. The van der Waals surface area contributed by atoms with Gasteiger partial charge in [-0.25, -0.2) is 13.9 Å². The molecule has 5 nitrogen and oxygen atoms in total. The number of carbonyl (C=O) groups is 1. The van der Waals surface area contributed by atoms with Gasteiger partial charge in [0.15, 0.2) is 0 Å². The van der Waals surface area contributed by atoms with E-state index in [4.69, 9.17) is 5.11 Å². The SMILES string of the molecule is CCCCn1cc[n+](C)c1.O=C(O)c1ccccc1[O-]. The van der Waals surface area contributed by atoms with Crippen molar-refractivity contribution in [2.75, 3.05) is 0 Å². The zero-order valence-electron chi connectivity index (χ0n) is 11.8. The summed E-state index contributed by atoms with van der Waals surface area (Å²) in [5.41, 5.74) is -0.178. The summed E-state index contributed by atoms with van der Waals surface area (Å²) in [5.74, 6) is -1.62. The minimum atomic E-state index is -1.18. The molecule has 0 saturated carbocycles. The fourth-order valence-corrected chi connectivity index (χ4v) is 1.62. The Morgan fingerprint density at radius 3 is 2.55 bits per heavy atom. The number of para-hydroxylation sites is 1. The third kappa shape index (κ3) is 5.14. The highest BCUT2D eigenvalue weighted by Gasteiger charge is 1.99.